The number of hydrogen-bond donors (Lipinski definition) is 1. The van der Waals surface area contributed by atoms with Crippen molar-refractivity contribution in [1.29, 1.82) is 0 Å². The van der Waals surface area contributed by atoms with Crippen molar-refractivity contribution in [2.24, 2.45) is 11.7 Å². The third-order valence-corrected chi connectivity index (χ3v) is 2.33. The lowest BCUT2D eigenvalue weighted by molar-refractivity contribution is -0.129. The molecule has 1 atom stereocenters. The highest BCUT2D eigenvalue weighted by atomic mass is 16.5. The van der Waals surface area contributed by atoms with Gasteiger partial charge in [0.25, 0.3) is 0 Å². The fraction of sp³-hybridized carbons (Fsp3) is 0.778. The minimum absolute atomic E-state index is 0.00602. The predicted octanol–water partition coefficient (Wildman–Crippen LogP) is -0.643. The van der Waals surface area contributed by atoms with Crippen LogP contribution in [0, 0.1) is 5.92 Å². The Morgan fingerprint density at radius 1 is 1.71 bits per heavy atom. The average Bonchev–Trinajstić information content (AvgIpc) is 2.49. The van der Waals surface area contributed by atoms with Crippen LogP contribution in [-0.2, 0) is 14.3 Å². The molecule has 0 radical (unpaired) electrons. The Balaban J connectivity index is 2.33. The molecule has 0 saturated carbocycles. The van der Waals surface area contributed by atoms with Crippen LogP contribution in [0.1, 0.15) is 13.3 Å². The van der Waals surface area contributed by atoms with Gasteiger partial charge in [-0.25, -0.2) is 0 Å². The monoisotopic (exact) mass is 200 g/mol. The molecule has 14 heavy (non-hydrogen) atoms. The molecule has 2 N–H and O–H groups in total. The molecule has 1 saturated heterocycles. The maximum atomic E-state index is 11.3. The van der Waals surface area contributed by atoms with E-state index in [9.17, 15) is 9.59 Å². The van der Waals surface area contributed by atoms with Crippen molar-refractivity contribution in [2.75, 3.05) is 26.3 Å². The van der Waals surface area contributed by atoms with E-state index in [1.807, 2.05) is 6.92 Å². The molecule has 1 aliphatic heterocycles. The van der Waals surface area contributed by atoms with E-state index in [2.05, 4.69) is 0 Å². The molecular weight excluding hydrogens is 184 g/mol. The number of carbonyl (C=O) groups excluding carboxylic acids is 2. The molecule has 1 heterocycles. The van der Waals surface area contributed by atoms with E-state index in [-0.39, 0.29) is 18.2 Å². The summed E-state index contributed by atoms with van der Waals surface area (Å²) in [5.41, 5.74) is 5.13. The standard InChI is InChI=1S/C9H16N2O3/c1-2-14-4-3-11-6-7(9(10)13)5-8(11)12/h7H,2-6H2,1H3,(H2,10,13). The molecule has 1 aliphatic rings. The van der Waals surface area contributed by atoms with E-state index < -0.39 is 5.91 Å². The van der Waals surface area contributed by atoms with Crippen LogP contribution in [0.25, 0.3) is 0 Å². The topological polar surface area (TPSA) is 72.6 Å². The van der Waals surface area contributed by atoms with Gasteiger partial charge in [0.05, 0.1) is 12.5 Å². The van der Waals surface area contributed by atoms with E-state index in [4.69, 9.17) is 10.5 Å². The molecule has 0 aliphatic carbocycles. The minimum atomic E-state index is -0.391. The molecule has 0 spiro atoms. The molecule has 1 rings (SSSR count). The summed E-state index contributed by atoms with van der Waals surface area (Å²) in [4.78, 5) is 23.8. The number of rotatable bonds is 5. The third-order valence-electron chi connectivity index (χ3n) is 2.33. The van der Waals surface area contributed by atoms with Gasteiger partial charge >= 0.3 is 0 Å². The van der Waals surface area contributed by atoms with Crippen molar-refractivity contribution < 1.29 is 14.3 Å². The molecule has 0 aromatic heterocycles. The highest BCUT2D eigenvalue weighted by Gasteiger charge is 2.32. The van der Waals surface area contributed by atoms with Crippen LogP contribution in [0.2, 0.25) is 0 Å². The quantitative estimate of drug-likeness (QED) is 0.600. The van der Waals surface area contributed by atoms with Gasteiger partial charge in [0.15, 0.2) is 0 Å². The lowest BCUT2D eigenvalue weighted by Crippen LogP contribution is -2.31. The van der Waals surface area contributed by atoms with Crippen LogP contribution in [-0.4, -0.2) is 43.0 Å². The van der Waals surface area contributed by atoms with Gasteiger partial charge in [-0.05, 0) is 6.92 Å². The zero-order valence-electron chi connectivity index (χ0n) is 8.36. The van der Waals surface area contributed by atoms with Crippen LogP contribution in [0.4, 0.5) is 0 Å². The number of hydrogen-bond acceptors (Lipinski definition) is 3. The maximum absolute atomic E-state index is 11.3. The Morgan fingerprint density at radius 3 is 2.93 bits per heavy atom. The zero-order chi connectivity index (χ0) is 10.6. The Labute approximate surface area is 83.2 Å². The van der Waals surface area contributed by atoms with Gasteiger partial charge in [-0.1, -0.05) is 0 Å². The number of amides is 2. The summed E-state index contributed by atoms with van der Waals surface area (Å²) >= 11 is 0. The van der Waals surface area contributed by atoms with E-state index in [1.54, 1.807) is 4.90 Å². The summed E-state index contributed by atoms with van der Waals surface area (Å²) in [6, 6.07) is 0. The van der Waals surface area contributed by atoms with Gasteiger partial charge in [-0.15, -0.1) is 0 Å². The number of nitrogens with two attached hydrogens (primary N) is 1. The SMILES string of the molecule is CCOCCN1CC(C(N)=O)CC1=O. The van der Waals surface area contributed by atoms with Crippen LogP contribution in [0.5, 0.6) is 0 Å². The highest BCUT2D eigenvalue weighted by molar-refractivity contribution is 5.88. The Kier molecular flexibility index (Phi) is 3.88. The van der Waals surface area contributed by atoms with Crippen molar-refractivity contribution in [3.63, 3.8) is 0 Å². The molecule has 0 aromatic carbocycles. The Morgan fingerprint density at radius 2 is 2.43 bits per heavy atom. The summed E-state index contributed by atoms with van der Waals surface area (Å²) in [7, 11) is 0. The number of carbonyl (C=O) groups is 2. The van der Waals surface area contributed by atoms with Gasteiger partial charge in [-0.3, -0.25) is 9.59 Å². The van der Waals surface area contributed by atoms with Crippen molar-refractivity contribution >= 4 is 11.8 Å². The number of ether oxygens (including phenoxy) is 1. The molecule has 0 bridgehead atoms. The number of primary amides is 1. The third kappa shape index (κ3) is 2.70. The number of nitrogens with zero attached hydrogens (tertiary/aromatic N) is 1. The van der Waals surface area contributed by atoms with E-state index in [0.29, 0.717) is 26.3 Å². The Hall–Kier alpha value is -1.10. The molecule has 2 amide bonds. The maximum Gasteiger partial charge on any atom is 0.223 e. The van der Waals surface area contributed by atoms with Crippen molar-refractivity contribution in [3.8, 4) is 0 Å². The smallest absolute Gasteiger partial charge is 0.223 e. The minimum Gasteiger partial charge on any atom is -0.380 e. The Bertz CT molecular complexity index is 230. The second-order valence-electron chi connectivity index (χ2n) is 3.34. The van der Waals surface area contributed by atoms with Crippen LogP contribution < -0.4 is 5.73 Å². The van der Waals surface area contributed by atoms with Gasteiger partial charge < -0.3 is 15.4 Å². The summed E-state index contributed by atoms with van der Waals surface area (Å²) < 4.78 is 5.13. The molecule has 5 heteroatoms. The van der Waals surface area contributed by atoms with Gasteiger partial charge in [-0.2, -0.15) is 0 Å². The second kappa shape index (κ2) is 4.95. The molecule has 1 fully saturated rings. The lowest BCUT2D eigenvalue weighted by atomic mass is 10.1. The number of likely N-dealkylation sites (tertiary alicyclic amines) is 1. The van der Waals surface area contributed by atoms with Crippen LogP contribution >= 0.6 is 0 Å². The van der Waals surface area contributed by atoms with Crippen molar-refractivity contribution in [1.82, 2.24) is 4.90 Å². The predicted molar refractivity (Wildman–Crippen MR) is 50.4 cm³/mol. The first-order valence-electron chi connectivity index (χ1n) is 4.80. The first-order chi connectivity index (χ1) is 6.65. The molecule has 1 unspecified atom stereocenters. The highest BCUT2D eigenvalue weighted by Crippen LogP contribution is 2.16. The first kappa shape index (κ1) is 11.0. The normalized spacial score (nSPS) is 21.6. The molecule has 0 aromatic rings. The molecular formula is C9H16N2O3. The molecule has 80 valence electrons. The van der Waals surface area contributed by atoms with E-state index in [0.717, 1.165) is 0 Å². The van der Waals surface area contributed by atoms with E-state index >= 15 is 0 Å². The second-order valence-corrected chi connectivity index (χ2v) is 3.34. The van der Waals surface area contributed by atoms with Crippen molar-refractivity contribution in [3.05, 3.63) is 0 Å². The van der Waals surface area contributed by atoms with Crippen molar-refractivity contribution in [2.45, 2.75) is 13.3 Å². The van der Waals surface area contributed by atoms with Gasteiger partial charge in [0, 0.05) is 26.1 Å². The summed E-state index contributed by atoms with van der Waals surface area (Å²) in [6.45, 7) is 4.06. The van der Waals surface area contributed by atoms with Crippen LogP contribution in [0.3, 0.4) is 0 Å². The fourth-order valence-electron chi connectivity index (χ4n) is 1.50. The largest absolute Gasteiger partial charge is 0.380 e. The lowest BCUT2D eigenvalue weighted by Gasteiger charge is -2.15. The summed E-state index contributed by atoms with van der Waals surface area (Å²) in [5.74, 6) is -0.713. The molecule has 5 nitrogen and oxygen atoms in total. The van der Waals surface area contributed by atoms with E-state index in [1.165, 1.54) is 0 Å². The van der Waals surface area contributed by atoms with Crippen LogP contribution in [0.15, 0.2) is 0 Å². The van der Waals surface area contributed by atoms with Gasteiger partial charge in [0.2, 0.25) is 11.8 Å². The first-order valence-corrected chi connectivity index (χ1v) is 4.80. The fourth-order valence-corrected chi connectivity index (χ4v) is 1.50. The van der Waals surface area contributed by atoms with Gasteiger partial charge in [0.1, 0.15) is 0 Å². The zero-order valence-corrected chi connectivity index (χ0v) is 8.36. The summed E-state index contributed by atoms with van der Waals surface area (Å²) in [5, 5.41) is 0. The average molecular weight is 200 g/mol. The summed E-state index contributed by atoms with van der Waals surface area (Å²) in [6.07, 6.45) is 0.251.